The second-order valence-electron chi connectivity index (χ2n) is 5.65. The largest absolute Gasteiger partial charge is 0.493 e. The maximum absolute atomic E-state index is 13.1. The molecule has 0 spiro atoms. The minimum absolute atomic E-state index is 0.232. The molecule has 0 saturated carbocycles. The summed E-state index contributed by atoms with van der Waals surface area (Å²) >= 11 is 9.62. The summed E-state index contributed by atoms with van der Waals surface area (Å²) in [6.45, 7) is 4.13. The van der Waals surface area contributed by atoms with Gasteiger partial charge in [0.05, 0.1) is 12.1 Å². The molecular formula is C19H22BrClFNO2. The predicted octanol–water partition coefficient (Wildman–Crippen LogP) is 5.72. The molecule has 2 aromatic rings. The molecule has 136 valence electrons. The first-order valence-corrected chi connectivity index (χ1v) is 9.36. The fourth-order valence-corrected chi connectivity index (χ4v) is 2.99. The van der Waals surface area contributed by atoms with Crippen molar-refractivity contribution in [2.75, 3.05) is 13.7 Å². The summed E-state index contributed by atoms with van der Waals surface area (Å²) in [6.07, 6.45) is 2.31. The van der Waals surface area contributed by atoms with Gasteiger partial charge in [-0.3, -0.25) is 0 Å². The summed E-state index contributed by atoms with van der Waals surface area (Å²) in [7, 11) is 1.61. The van der Waals surface area contributed by atoms with Crippen molar-refractivity contribution in [3.05, 3.63) is 56.8 Å². The predicted molar refractivity (Wildman–Crippen MR) is 103 cm³/mol. The van der Waals surface area contributed by atoms with E-state index in [1.165, 1.54) is 12.1 Å². The molecule has 0 aliphatic carbocycles. The highest BCUT2D eigenvalue weighted by atomic mass is 79.9. The molecule has 25 heavy (non-hydrogen) atoms. The third-order valence-corrected chi connectivity index (χ3v) is 4.84. The van der Waals surface area contributed by atoms with E-state index in [4.69, 9.17) is 21.1 Å². The number of unbranched alkanes of at least 4 members (excludes halogenated alkanes) is 1. The monoisotopic (exact) mass is 429 g/mol. The van der Waals surface area contributed by atoms with Crippen LogP contribution in [0.2, 0.25) is 5.02 Å². The summed E-state index contributed by atoms with van der Waals surface area (Å²) < 4.78 is 25.3. The summed E-state index contributed by atoms with van der Waals surface area (Å²) in [5.41, 5.74) is 1.81. The Labute approximate surface area is 161 Å². The van der Waals surface area contributed by atoms with E-state index >= 15 is 0 Å². The molecule has 0 bridgehead atoms. The minimum Gasteiger partial charge on any atom is -0.493 e. The Morgan fingerprint density at radius 1 is 1.16 bits per heavy atom. The maximum atomic E-state index is 13.1. The molecule has 1 N–H and O–H groups in total. The highest BCUT2D eigenvalue weighted by molar-refractivity contribution is 9.10. The van der Waals surface area contributed by atoms with E-state index in [-0.39, 0.29) is 12.4 Å². The molecular weight excluding hydrogens is 409 g/mol. The van der Waals surface area contributed by atoms with E-state index in [9.17, 15) is 4.39 Å². The summed E-state index contributed by atoms with van der Waals surface area (Å²) in [5, 5.41) is 3.75. The lowest BCUT2D eigenvalue weighted by Gasteiger charge is -2.15. The van der Waals surface area contributed by atoms with Crippen molar-refractivity contribution in [1.82, 2.24) is 5.32 Å². The molecule has 0 aliphatic rings. The average Bonchev–Trinajstić information content (AvgIpc) is 2.59. The van der Waals surface area contributed by atoms with Crippen LogP contribution in [-0.2, 0) is 13.2 Å². The molecule has 0 amide bonds. The number of halogens is 3. The van der Waals surface area contributed by atoms with Crippen LogP contribution in [0, 0.1) is 5.82 Å². The van der Waals surface area contributed by atoms with Crippen LogP contribution >= 0.6 is 27.5 Å². The van der Waals surface area contributed by atoms with Gasteiger partial charge in [-0.2, -0.15) is 0 Å². The number of rotatable bonds is 9. The van der Waals surface area contributed by atoms with Gasteiger partial charge in [0.2, 0.25) is 0 Å². The molecule has 0 aliphatic heterocycles. The Kier molecular flexibility index (Phi) is 8.00. The van der Waals surface area contributed by atoms with E-state index < -0.39 is 0 Å². The van der Waals surface area contributed by atoms with E-state index in [0.717, 1.165) is 36.0 Å². The van der Waals surface area contributed by atoms with Crippen molar-refractivity contribution in [1.29, 1.82) is 0 Å². The number of methoxy groups -OCH3 is 1. The Morgan fingerprint density at radius 2 is 1.96 bits per heavy atom. The summed E-state index contributed by atoms with van der Waals surface area (Å²) in [6, 6.07) is 8.09. The first-order valence-electron chi connectivity index (χ1n) is 8.19. The zero-order valence-corrected chi connectivity index (χ0v) is 16.7. The van der Waals surface area contributed by atoms with E-state index in [2.05, 4.69) is 28.2 Å². The number of hydrogen-bond acceptors (Lipinski definition) is 3. The van der Waals surface area contributed by atoms with E-state index in [0.29, 0.717) is 22.1 Å². The lowest BCUT2D eigenvalue weighted by Crippen LogP contribution is -2.15. The van der Waals surface area contributed by atoms with Crippen molar-refractivity contribution in [2.24, 2.45) is 0 Å². The molecule has 3 nitrogen and oxygen atoms in total. The summed E-state index contributed by atoms with van der Waals surface area (Å²) in [4.78, 5) is 0. The van der Waals surface area contributed by atoms with Crippen LogP contribution in [-0.4, -0.2) is 13.7 Å². The van der Waals surface area contributed by atoms with E-state index in [1.54, 1.807) is 13.2 Å². The van der Waals surface area contributed by atoms with Gasteiger partial charge in [-0.15, -0.1) is 0 Å². The smallest absolute Gasteiger partial charge is 0.162 e. The van der Waals surface area contributed by atoms with Crippen molar-refractivity contribution < 1.29 is 13.9 Å². The molecule has 0 fully saturated rings. The number of ether oxygens (including phenoxy) is 2. The molecule has 2 aromatic carbocycles. The quantitative estimate of drug-likeness (QED) is 0.516. The fourth-order valence-electron chi connectivity index (χ4n) is 2.30. The molecule has 2 rings (SSSR count). The molecule has 0 atom stereocenters. The van der Waals surface area contributed by atoms with Crippen molar-refractivity contribution in [3.8, 4) is 11.5 Å². The standard InChI is InChI=1S/C19H22BrClFNO2/c1-3-4-7-23-11-14-8-18(24-2)19(10-16(14)20)25-12-13-5-6-15(22)9-17(13)21/h5-6,8-10,23H,3-4,7,11-12H2,1-2H3. The van der Waals surface area contributed by atoms with Crippen LogP contribution in [0.25, 0.3) is 0 Å². The molecule has 0 heterocycles. The second kappa shape index (κ2) is 10.00. The van der Waals surface area contributed by atoms with Crippen LogP contribution in [0.4, 0.5) is 4.39 Å². The Bertz CT molecular complexity index is 712. The fraction of sp³-hybridized carbons (Fsp3) is 0.368. The van der Waals surface area contributed by atoms with Gasteiger partial charge in [0.25, 0.3) is 0 Å². The first-order chi connectivity index (χ1) is 12.0. The van der Waals surface area contributed by atoms with Crippen molar-refractivity contribution in [3.63, 3.8) is 0 Å². The second-order valence-corrected chi connectivity index (χ2v) is 6.91. The third-order valence-electron chi connectivity index (χ3n) is 3.75. The minimum atomic E-state index is -0.367. The Balaban J connectivity index is 2.08. The molecule has 0 saturated heterocycles. The summed E-state index contributed by atoms with van der Waals surface area (Å²) in [5.74, 6) is 0.884. The lowest BCUT2D eigenvalue weighted by atomic mass is 10.2. The van der Waals surface area contributed by atoms with Crippen molar-refractivity contribution >= 4 is 27.5 Å². The molecule has 6 heteroatoms. The van der Waals surface area contributed by atoms with Gasteiger partial charge >= 0.3 is 0 Å². The number of hydrogen-bond donors (Lipinski definition) is 1. The normalized spacial score (nSPS) is 10.8. The van der Waals surface area contributed by atoms with Gasteiger partial charge in [0, 0.05) is 16.6 Å². The van der Waals surface area contributed by atoms with Gasteiger partial charge in [0.15, 0.2) is 11.5 Å². The third kappa shape index (κ3) is 5.87. The van der Waals surface area contributed by atoms with Crippen molar-refractivity contribution in [2.45, 2.75) is 32.9 Å². The first kappa shape index (κ1) is 20.0. The molecule has 0 radical (unpaired) electrons. The molecule has 0 aromatic heterocycles. The van der Waals surface area contributed by atoms with Crippen LogP contribution in [0.3, 0.4) is 0 Å². The van der Waals surface area contributed by atoms with Crippen LogP contribution in [0.1, 0.15) is 30.9 Å². The Morgan fingerprint density at radius 3 is 2.64 bits per heavy atom. The van der Waals surface area contributed by atoms with Gasteiger partial charge in [-0.25, -0.2) is 4.39 Å². The Hall–Kier alpha value is -1.30. The van der Waals surface area contributed by atoms with Gasteiger partial charge in [0.1, 0.15) is 12.4 Å². The van der Waals surface area contributed by atoms with Gasteiger partial charge in [-0.1, -0.05) is 46.9 Å². The van der Waals surface area contributed by atoms with Gasteiger partial charge < -0.3 is 14.8 Å². The SMILES string of the molecule is CCCCNCc1cc(OC)c(OCc2ccc(F)cc2Cl)cc1Br. The van der Waals surface area contributed by atoms with Crippen LogP contribution in [0.15, 0.2) is 34.8 Å². The van der Waals surface area contributed by atoms with Crippen LogP contribution in [0.5, 0.6) is 11.5 Å². The zero-order valence-electron chi connectivity index (χ0n) is 14.4. The highest BCUT2D eigenvalue weighted by Crippen LogP contribution is 2.34. The average molecular weight is 431 g/mol. The molecule has 0 unspecified atom stereocenters. The zero-order chi connectivity index (χ0) is 18.2. The number of benzene rings is 2. The van der Waals surface area contributed by atoms with E-state index in [1.807, 2.05) is 12.1 Å². The topological polar surface area (TPSA) is 30.5 Å². The number of nitrogens with one attached hydrogen (secondary N) is 1. The van der Waals surface area contributed by atoms with Crippen LogP contribution < -0.4 is 14.8 Å². The van der Waals surface area contributed by atoms with Gasteiger partial charge in [-0.05, 0) is 42.8 Å². The highest BCUT2D eigenvalue weighted by Gasteiger charge is 2.11. The lowest BCUT2D eigenvalue weighted by molar-refractivity contribution is 0.284. The maximum Gasteiger partial charge on any atom is 0.162 e.